The number of aromatic amines is 1. The Hall–Kier alpha value is -2.34. The van der Waals surface area contributed by atoms with Gasteiger partial charge in [-0.3, -0.25) is 9.89 Å². The van der Waals surface area contributed by atoms with Gasteiger partial charge in [0, 0.05) is 43.9 Å². The zero-order valence-electron chi connectivity index (χ0n) is 16.3. The molecule has 2 aliphatic rings. The lowest BCUT2D eigenvalue weighted by molar-refractivity contribution is -0.00703. The molecular formula is C21H28N4O2. The minimum Gasteiger partial charge on any atom is -0.371 e. The number of carbonyl (C=O) groups excluding carboxylic acids is 1. The molecular weight excluding hydrogens is 340 g/mol. The number of hydrogen-bond acceptors (Lipinski definition) is 4. The molecule has 0 radical (unpaired) electrons. The van der Waals surface area contributed by atoms with Gasteiger partial charge >= 0.3 is 0 Å². The highest BCUT2D eigenvalue weighted by atomic mass is 16.5. The second kappa shape index (κ2) is 7.35. The number of ether oxygens (including phenoxy) is 1. The van der Waals surface area contributed by atoms with Crippen LogP contribution in [-0.4, -0.2) is 53.3 Å². The van der Waals surface area contributed by atoms with Crippen LogP contribution in [0.1, 0.15) is 54.5 Å². The molecule has 1 saturated heterocycles. The number of fused-ring (bicyclic) bond motifs is 1. The van der Waals surface area contributed by atoms with Crippen molar-refractivity contribution in [2.45, 2.75) is 51.4 Å². The maximum atomic E-state index is 13.1. The van der Waals surface area contributed by atoms with Crippen molar-refractivity contribution < 1.29 is 9.53 Å². The van der Waals surface area contributed by atoms with Gasteiger partial charge in [-0.05, 0) is 38.8 Å². The molecule has 6 nitrogen and oxygen atoms in total. The van der Waals surface area contributed by atoms with Crippen molar-refractivity contribution in [1.29, 1.82) is 0 Å². The highest BCUT2D eigenvalue weighted by molar-refractivity contribution is 5.94. The largest absolute Gasteiger partial charge is 0.371 e. The lowest BCUT2D eigenvalue weighted by atomic mass is 9.98. The fourth-order valence-corrected chi connectivity index (χ4v) is 4.33. The van der Waals surface area contributed by atoms with Crippen LogP contribution in [0.5, 0.6) is 0 Å². The second-order valence-corrected chi connectivity index (χ2v) is 7.73. The number of hydrogen-bond donors (Lipinski definition) is 1. The van der Waals surface area contributed by atoms with Crippen molar-refractivity contribution in [1.82, 2.24) is 15.1 Å². The second-order valence-electron chi connectivity index (χ2n) is 7.73. The lowest BCUT2D eigenvalue weighted by Gasteiger charge is -2.37. The van der Waals surface area contributed by atoms with E-state index in [2.05, 4.69) is 39.4 Å². The summed E-state index contributed by atoms with van der Waals surface area (Å²) in [7, 11) is 1.92. The van der Waals surface area contributed by atoms with Gasteiger partial charge in [0.1, 0.15) is 0 Å². The summed E-state index contributed by atoms with van der Waals surface area (Å²) in [5, 5.41) is 7.39. The minimum atomic E-state index is -0.0442. The van der Waals surface area contributed by atoms with E-state index >= 15 is 0 Å². The van der Waals surface area contributed by atoms with Gasteiger partial charge in [-0.15, -0.1) is 0 Å². The van der Waals surface area contributed by atoms with E-state index in [1.807, 2.05) is 31.9 Å². The van der Waals surface area contributed by atoms with Crippen LogP contribution in [0, 0.1) is 0 Å². The van der Waals surface area contributed by atoms with Gasteiger partial charge in [0.2, 0.25) is 0 Å². The Morgan fingerprint density at radius 3 is 2.63 bits per heavy atom. The SMILES string of the molecule is C[C@@H]1Cc2c(C(=O)N(C)C3CCN(c4ccccc4)CC3)n[nH]c2[C@H](C)O1. The van der Waals surface area contributed by atoms with Gasteiger partial charge in [-0.1, -0.05) is 18.2 Å². The van der Waals surface area contributed by atoms with Crippen molar-refractivity contribution in [2.24, 2.45) is 0 Å². The number of nitrogens with one attached hydrogen (secondary N) is 1. The zero-order chi connectivity index (χ0) is 19.0. The van der Waals surface area contributed by atoms with E-state index in [1.165, 1.54) is 5.69 Å². The van der Waals surface area contributed by atoms with Crippen LogP contribution in [0.25, 0.3) is 0 Å². The highest BCUT2D eigenvalue weighted by Gasteiger charge is 2.33. The molecule has 144 valence electrons. The zero-order valence-corrected chi connectivity index (χ0v) is 16.3. The van der Waals surface area contributed by atoms with Crippen molar-refractivity contribution in [3.05, 3.63) is 47.3 Å². The van der Waals surface area contributed by atoms with E-state index in [0.29, 0.717) is 5.69 Å². The summed E-state index contributed by atoms with van der Waals surface area (Å²) in [4.78, 5) is 17.4. The summed E-state index contributed by atoms with van der Waals surface area (Å²) in [6.07, 6.45) is 2.74. The molecule has 6 heteroatoms. The summed E-state index contributed by atoms with van der Waals surface area (Å²) >= 11 is 0. The number of rotatable bonds is 3. The fraction of sp³-hybridized carbons (Fsp3) is 0.524. The van der Waals surface area contributed by atoms with Gasteiger partial charge in [0.25, 0.3) is 5.91 Å². The number of para-hydroxylation sites is 1. The Labute approximate surface area is 160 Å². The average Bonchev–Trinajstić information content (AvgIpc) is 3.12. The fourth-order valence-electron chi connectivity index (χ4n) is 4.33. The predicted octanol–water partition coefficient (Wildman–Crippen LogP) is 3.17. The van der Waals surface area contributed by atoms with Gasteiger partial charge in [-0.2, -0.15) is 5.10 Å². The van der Waals surface area contributed by atoms with Crippen LogP contribution in [-0.2, 0) is 11.2 Å². The molecule has 4 rings (SSSR count). The molecule has 1 fully saturated rings. The Balaban J connectivity index is 1.44. The number of carbonyl (C=O) groups is 1. The van der Waals surface area contributed by atoms with Crippen LogP contribution < -0.4 is 4.90 Å². The van der Waals surface area contributed by atoms with Crippen LogP contribution >= 0.6 is 0 Å². The Morgan fingerprint density at radius 1 is 1.22 bits per heavy atom. The molecule has 1 aromatic carbocycles. The third kappa shape index (κ3) is 3.46. The van der Waals surface area contributed by atoms with Gasteiger partial charge in [0.15, 0.2) is 5.69 Å². The van der Waals surface area contributed by atoms with Crippen molar-refractivity contribution in [3.63, 3.8) is 0 Å². The molecule has 1 aromatic heterocycles. The number of amides is 1. The van der Waals surface area contributed by atoms with Crippen LogP contribution in [0.15, 0.2) is 30.3 Å². The number of nitrogens with zero attached hydrogens (tertiary/aromatic N) is 3. The molecule has 0 bridgehead atoms. The molecule has 3 heterocycles. The molecule has 1 N–H and O–H groups in total. The molecule has 2 atom stereocenters. The maximum absolute atomic E-state index is 13.1. The first-order valence-corrected chi connectivity index (χ1v) is 9.84. The van der Waals surface area contributed by atoms with E-state index < -0.39 is 0 Å². The normalized spacial score (nSPS) is 23.1. The first kappa shape index (κ1) is 18.0. The molecule has 2 aromatic rings. The van der Waals surface area contributed by atoms with Crippen molar-refractivity contribution in [3.8, 4) is 0 Å². The predicted molar refractivity (Wildman–Crippen MR) is 105 cm³/mol. The summed E-state index contributed by atoms with van der Waals surface area (Å²) in [5.41, 5.74) is 3.80. The molecule has 1 amide bonds. The Kier molecular flexibility index (Phi) is 4.91. The number of aromatic nitrogens is 2. The molecule has 27 heavy (non-hydrogen) atoms. The lowest BCUT2D eigenvalue weighted by Crippen LogP contribution is -2.46. The molecule has 0 saturated carbocycles. The third-order valence-electron chi connectivity index (χ3n) is 5.89. The number of H-pyrrole nitrogens is 1. The molecule has 0 aliphatic carbocycles. The van der Waals surface area contributed by atoms with Crippen LogP contribution in [0.4, 0.5) is 5.69 Å². The average molecular weight is 368 g/mol. The first-order valence-electron chi connectivity index (χ1n) is 9.84. The summed E-state index contributed by atoms with van der Waals surface area (Å²) in [6, 6.07) is 10.7. The van der Waals surface area contributed by atoms with E-state index in [9.17, 15) is 4.79 Å². The van der Waals surface area contributed by atoms with E-state index in [-0.39, 0.29) is 24.2 Å². The Bertz CT molecular complexity index is 796. The number of piperidine rings is 1. The van der Waals surface area contributed by atoms with Gasteiger partial charge < -0.3 is 14.5 Å². The summed E-state index contributed by atoms with van der Waals surface area (Å²) < 4.78 is 5.83. The monoisotopic (exact) mass is 368 g/mol. The topological polar surface area (TPSA) is 61.5 Å². The summed E-state index contributed by atoms with van der Waals surface area (Å²) in [5.74, 6) is 0.0203. The van der Waals surface area contributed by atoms with Crippen LogP contribution in [0.2, 0.25) is 0 Å². The standard InChI is InChI=1S/C21H28N4O2/c1-14-13-18-19(15(2)27-14)22-23-20(18)21(26)24(3)16-9-11-25(12-10-16)17-7-5-4-6-8-17/h4-8,14-16H,9-13H2,1-3H3,(H,22,23)/t14-,15+/m1/s1. The maximum Gasteiger partial charge on any atom is 0.274 e. The molecule has 2 aliphatic heterocycles. The quantitative estimate of drug-likeness (QED) is 0.904. The van der Waals surface area contributed by atoms with Gasteiger partial charge in [0.05, 0.1) is 17.9 Å². The summed E-state index contributed by atoms with van der Waals surface area (Å²) in [6.45, 7) is 5.98. The molecule has 0 spiro atoms. The van der Waals surface area contributed by atoms with E-state index in [1.54, 1.807) is 0 Å². The van der Waals surface area contributed by atoms with Crippen molar-refractivity contribution >= 4 is 11.6 Å². The smallest absolute Gasteiger partial charge is 0.274 e. The van der Waals surface area contributed by atoms with E-state index in [4.69, 9.17) is 4.74 Å². The number of benzene rings is 1. The Morgan fingerprint density at radius 2 is 1.93 bits per heavy atom. The molecule has 0 unspecified atom stereocenters. The van der Waals surface area contributed by atoms with Gasteiger partial charge in [-0.25, -0.2) is 0 Å². The highest BCUT2D eigenvalue weighted by Crippen LogP contribution is 2.31. The third-order valence-corrected chi connectivity index (χ3v) is 5.89. The van der Waals surface area contributed by atoms with E-state index in [0.717, 1.165) is 43.6 Å². The number of anilines is 1. The van der Waals surface area contributed by atoms with Crippen LogP contribution in [0.3, 0.4) is 0 Å². The van der Waals surface area contributed by atoms with Crippen molar-refractivity contribution in [2.75, 3.05) is 25.0 Å². The first-order chi connectivity index (χ1) is 13.0. The minimum absolute atomic E-state index is 0.0203.